The molecule has 2 aromatic carbocycles. The van der Waals surface area contributed by atoms with Crippen molar-refractivity contribution >= 4 is 29.3 Å². The lowest BCUT2D eigenvalue weighted by Gasteiger charge is -2.10. The van der Waals surface area contributed by atoms with Crippen molar-refractivity contribution in [2.24, 2.45) is 0 Å². The first kappa shape index (κ1) is 20.2. The summed E-state index contributed by atoms with van der Waals surface area (Å²) < 4.78 is 2.13. The number of nitrogens with one attached hydrogen (secondary N) is 2. The van der Waals surface area contributed by atoms with Gasteiger partial charge in [-0.15, -0.1) is 10.2 Å². The van der Waals surface area contributed by atoms with Gasteiger partial charge in [-0.05, 0) is 42.7 Å². The molecule has 0 spiro atoms. The van der Waals surface area contributed by atoms with Gasteiger partial charge in [0, 0.05) is 24.2 Å². The van der Waals surface area contributed by atoms with E-state index in [1.54, 1.807) is 31.3 Å². The Morgan fingerprint density at radius 1 is 1.07 bits per heavy atom. The molecule has 2 amide bonds. The molecule has 1 fully saturated rings. The minimum absolute atomic E-state index is 0.130. The number of thioether (sulfide) groups is 1. The highest BCUT2D eigenvalue weighted by Gasteiger charge is 2.30. The van der Waals surface area contributed by atoms with Gasteiger partial charge in [-0.25, -0.2) is 0 Å². The van der Waals surface area contributed by atoms with E-state index in [0.717, 1.165) is 23.8 Å². The van der Waals surface area contributed by atoms with Crippen molar-refractivity contribution < 1.29 is 9.59 Å². The highest BCUT2D eigenvalue weighted by Crippen LogP contribution is 2.40. The molecule has 4 rings (SSSR count). The maximum Gasteiger partial charge on any atom is 0.251 e. The van der Waals surface area contributed by atoms with Crippen LogP contribution < -0.4 is 10.6 Å². The normalized spacial score (nSPS) is 13.1. The van der Waals surface area contributed by atoms with E-state index in [0.29, 0.717) is 23.7 Å². The molecule has 0 radical (unpaired) electrons. The van der Waals surface area contributed by atoms with Gasteiger partial charge in [-0.2, -0.15) is 0 Å². The van der Waals surface area contributed by atoms with Crippen LogP contribution in [0.3, 0.4) is 0 Å². The average molecular weight is 422 g/mol. The quantitative estimate of drug-likeness (QED) is 0.545. The molecule has 30 heavy (non-hydrogen) atoms. The Morgan fingerprint density at radius 3 is 2.47 bits per heavy atom. The van der Waals surface area contributed by atoms with Gasteiger partial charge in [0.25, 0.3) is 5.91 Å². The van der Waals surface area contributed by atoms with Gasteiger partial charge >= 0.3 is 0 Å². The summed E-state index contributed by atoms with van der Waals surface area (Å²) in [7, 11) is 1.58. The fraction of sp³-hybridized carbons (Fsp3) is 0.273. The van der Waals surface area contributed by atoms with Crippen LogP contribution in [-0.4, -0.2) is 39.4 Å². The Kier molecular flexibility index (Phi) is 6.13. The monoisotopic (exact) mass is 421 g/mol. The lowest BCUT2D eigenvalue weighted by Crippen LogP contribution is -2.18. The maximum atomic E-state index is 12.4. The zero-order valence-electron chi connectivity index (χ0n) is 16.7. The van der Waals surface area contributed by atoms with E-state index in [1.165, 1.54) is 17.3 Å². The van der Waals surface area contributed by atoms with Gasteiger partial charge in [0.05, 0.1) is 12.3 Å². The molecule has 7 nitrogen and oxygen atoms in total. The van der Waals surface area contributed by atoms with E-state index in [1.807, 2.05) is 18.2 Å². The number of carbonyl (C=O) groups excluding carboxylic acids is 2. The Hall–Kier alpha value is -3.13. The van der Waals surface area contributed by atoms with Gasteiger partial charge in [-0.1, -0.05) is 42.1 Å². The Bertz CT molecular complexity index is 1030. The zero-order valence-corrected chi connectivity index (χ0v) is 17.5. The molecule has 3 aromatic rings. The largest absolute Gasteiger partial charge is 0.355 e. The lowest BCUT2D eigenvalue weighted by atomic mass is 10.2. The molecule has 1 saturated carbocycles. The number of nitrogens with zero attached hydrogens (tertiary/aromatic N) is 3. The number of anilines is 1. The second kappa shape index (κ2) is 9.13. The minimum atomic E-state index is -0.160. The third-order valence-corrected chi connectivity index (χ3v) is 5.83. The summed E-state index contributed by atoms with van der Waals surface area (Å²) in [6.45, 7) is 0.699. The van der Waals surface area contributed by atoms with Crippen molar-refractivity contribution in [1.29, 1.82) is 0 Å². The molecule has 1 aliphatic carbocycles. The molecule has 0 bridgehead atoms. The second-order valence-electron chi connectivity index (χ2n) is 7.18. The van der Waals surface area contributed by atoms with Crippen molar-refractivity contribution in [2.75, 3.05) is 18.1 Å². The third-order valence-electron chi connectivity index (χ3n) is 4.86. The fourth-order valence-electron chi connectivity index (χ4n) is 3.14. The van der Waals surface area contributed by atoms with Crippen LogP contribution in [-0.2, 0) is 11.3 Å². The molecule has 1 aliphatic rings. The van der Waals surface area contributed by atoms with E-state index in [-0.39, 0.29) is 17.6 Å². The van der Waals surface area contributed by atoms with Gasteiger partial charge in [0.1, 0.15) is 5.82 Å². The van der Waals surface area contributed by atoms with Crippen LogP contribution in [0, 0.1) is 0 Å². The topological polar surface area (TPSA) is 88.9 Å². The van der Waals surface area contributed by atoms with Gasteiger partial charge in [-0.3, -0.25) is 9.59 Å². The summed E-state index contributed by atoms with van der Waals surface area (Å²) in [6.07, 6.45) is 2.29. The highest BCUT2D eigenvalue weighted by molar-refractivity contribution is 7.99. The minimum Gasteiger partial charge on any atom is -0.355 e. The SMILES string of the molecule is CNC(=O)c1ccc(NC(=O)CSc2nnc(C3CC3)n2Cc2ccccc2)cc1. The molecular weight excluding hydrogens is 398 g/mol. The van der Waals surface area contributed by atoms with Crippen LogP contribution in [0.5, 0.6) is 0 Å². The number of amides is 2. The van der Waals surface area contributed by atoms with E-state index in [4.69, 9.17) is 0 Å². The summed E-state index contributed by atoms with van der Waals surface area (Å²) >= 11 is 1.38. The summed E-state index contributed by atoms with van der Waals surface area (Å²) in [5.41, 5.74) is 2.38. The predicted octanol–water partition coefficient (Wildman–Crippen LogP) is 3.29. The lowest BCUT2D eigenvalue weighted by molar-refractivity contribution is -0.113. The average Bonchev–Trinajstić information content (AvgIpc) is 3.54. The fourth-order valence-corrected chi connectivity index (χ4v) is 3.89. The van der Waals surface area contributed by atoms with Crippen LogP contribution in [0.4, 0.5) is 5.69 Å². The van der Waals surface area contributed by atoms with Crippen molar-refractivity contribution in [3.8, 4) is 0 Å². The van der Waals surface area contributed by atoms with Gasteiger partial charge in [0.2, 0.25) is 5.91 Å². The van der Waals surface area contributed by atoms with E-state index in [2.05, 4.69) is 37.5 Å². The van der Waals surface area contributed by atoms with Crippen molar-refractivity contribution in [3.63, 3.8) is 0 Å². The van der Waals surface area contributed by atoms with Gasteiger partial charge in [0.15, 0.2) is 5.16 Å². The Labute approximate surface area is 179 Å². The molecule has 0 aliphatic heterocycles. The van der Waals surface area contributed by atoms with Crippen LogP contribution in [0.1, 0.15) is 40.5 Å². The molecule has 154 valence electrons. The summed E-state index contributed by atoms with van der Waals surface area (Å²) in [4.78, 5) is 24.0. The Morgan fingerprint density at radius 2 is 1.80 bits per heavy atom. The van der Waals surface area contributed by atoms with Crippen LogP contribution >= 0.6 is 11.8 Å². The standard InChI is InChI=1S/C22H23N5O2S/c1-23-21(29)17-9-11-18(12-10-17)24-19(28)14-30-22-26-25-20(16-7-8-16)27(22)13-15-5-3-2-4-6-15/h2-6,9-12,16H,7-8,13-14H2,1H3,(H,23,29)(H,24,28). The first-order valence-corrected chi connectivity index (χ1v) is 10.8. The van der Waals surface area contributed by atoms with Crippen LogP contribution in [0.2, 0.25) is 0 Å². The predicted molar refractivity (Wildman–Crippen MR) is 117 cm³/mol. The number of hydrogen-bond acceptors (Lipinski definition) is 5. The van der Waals surface area contributed by atoms with Crippen molar-refractivity contribution in [3.05, 3.63) is 71.5 Å². The van der Waals surface area contributed by atoms with E-state index < -0.39 is 0 Å². The maximum absolute atomic E-state index is 12.4. The van der Waals surface area contributed by atoms with E-state index in [9.17, 15) is 9.59 Å². The summed E-state index contributed by atoms with van der Waals surface area (Å²) in [5.74, 6) is 1.42. The number of hydrogen-bond donors (Lipinski definition) is 2. The van der Waals surface area contributed by atoms with Crippen molar-refractivity contribution in [1.82, 2.24) is 20.1 Å². The smallest absolute Gasteiger partial charge is 0.251 e. The first-order valence-electron chi connectivity index (χ1n) is 9.86. The summed E-state index contributed by atoms with van der Waals surface area (Å²) in [6, 6.07) is 17.0. The molecule has 0 atom stereocenters. The zero-order chi connectivity index (χ0) is 20.9. The molecule has 8 heteroatoms. The number of carbonyl (C=O) groups is 2. The molecule has 0 saturated heterocycles. The molecule has 2 N–H and O–H groups in total. The number of benzene rings is 2. The van der Waals surface area contributed by atoms with E-state index >= 15 is 0 Å². The molecular formula is C22H23N5O2S. The van der Waals surface area contributed by atoms with Crippen LogP contribution in [0.15, 0.2) is 59.8 Å². The highest BCUT2D eigenvalue weighted by atomic mass is 32.2. The van der Waals surface area contributed by atoms with Crippen LogP contribution in [0.25, 0.3) is 0 Å². The summed E-state index contributed by atoms with van der Waals surface area (Å²) in [5, 5.41) is 14.9. The number of rotatable bonds is 8. The molecule has 1 aromatic heterocycles. The van der Waals surface area contributed by atoms with Crippen molar-refractivity contribution in [2.45, 2.75) is 30.5 Å². The Balaban J connectivity index is 1.39. The second-order valence-corrected chi connectivity index (χ2v) is 8.12. The molecule has 1 heterocycles. The molecule has 0 unspecified atom stereocenters. The van der Waals surface area contributed by atoms with Gasteiger partial charge < -0.3 is 15.2 Å². The third kappa shape index (κ3) is 4.88. The number of aromatic nitrogens is 3. The first-order chi connectivity index (χ1) is 14.6.